The van der Waals surface area contributed by atoms with Crippen LogP contribution in [0.4, 0.5) is 0 Å². The molecular weight excluding hydrogens is 66.0 g/mol. The third-order valence-electron chi connectivity index (χ3n) is 0.110. The van der Waals surface area contributed by atoms with Crippen molar-refractivity contribution in [1.29, 1.82) is 0 Å². The molecule has 0 aliphatic rings. The van der Waals surface area contributed by atoms with Gasteiger partial charge in [-0.3, -0.25) is 0 Å². The summed E-state index contributed by atoms with van der Waals surface area (Å²) in [6, 6.07) is 1.71. The minimum atomic E-state index is 1.71. The summed E-state index contributed by atoms with van der Waals surface area (Å²) in [5.41, 5.74) is 0. The van der Waals surface area contributed by atoms with Crippen LogP contribution in [0.1, 0.15) is 0 Å². The standard InChI is InChI=1S/C3HNO/c1-2-3-4-5/h1H. The topological polar surface area (TPSA) is 27.4 Å². The van der Waals surface area contributed by atoms with Gasteiger partial charge in [0.25, 0.3) is 0 Å². The lowest BCUT2D eigenvalue weighted by Crippen LogP contribution is -1.32. The second-order valence-corrected chi connectivity index (χ2v) is 0.347. The van der Waals surface area contributed by atoms with Crippen LogP contribution in [0.25, 0.3) is 5.01 Å². The monoisotopic (exact) mass is 67.0 g/mol. The van der Waals surface area contributed by atoms with E-state index in [-0.39, 0.29) is 0 Å². The Kier molecular flexibility index (Phi) is 2.19. The van der Waals surface area contributed by atoms with Gasteiger partial charge in [0.2, 0.25) is 0 Å². The summed E-state index contributed by atoms with van der Waals surface area (Å²) in [6.07, 6.45) is 4.48. The molecule has 0 atom stereocenters. The third kappa shape index (κ3) is 2.85. The molecule has 0 aliphatic heterocycles. The molecule has 0 fully saturated rings. The highest BCUT2D eigenvalue weighted by molar-refractivity contribution is 5.16. The van der Waals surface area contributed by atoms with Gasteiger partial charge in [-0.25, -0.2) is 0 Å². The van der Waals surface area contributed by atoms with E-state index in [0.29, 0.717) is 0 Å². The van der Waals surface area contributed by atoms with Gasteiger partial charge >= 0.3 is 6.07 Å². The summed E-state index contributed by atoms with van der Waals surface area (Å²) < 4.78 is 0. The Morgan fingerprint density at radius 1 is 1.80 bits per heavy atom. The van der Waals surface area contributed by atoms with E-state index in [4.69, 9.17) is 5.21 Å². The van der Waals surface area contributed by atoms with Crippen LogP contribution >= 0.6 is 0 Å². The minimum Gasteiger partial charge on any atom is -0.498 e. The van der Waals surface area contributed by atoms with Crippen molar-refractivity contribution in [2.45, 2.75) is 0 Å². The molecule has 2 heteroatoms. The number of hydrogen-bond acceptors (Lipinski definition) is 1. The van der Waals surface area contributed by atoms with E-state index in [9.17, 15) is 0 Å². The average molecular weight is 67.0 g/mol. The largest absolute Gasteiger partial charge is 0.498 e. The molecule has 0 unspecified atom stereocenters. The maximum Gasteiger partial charge on any atom is 0.390 e. The van der Waals surface area contributed by atoms with E-state index in [1.165, 1.54) is 0 Å². The molecule has 24 valence electrons. The van der Waals surface area contributed by atoms with Crippen molar-refractivity contribution in [3.8, 4) is 18.4 Å². The van der Waals surface area contributed by atoms with Gasteiger partial charge in [-0.15, -0.1) is 0 Å². The van der Waals surface area contributed by atoms with Gasteiger partial charge in [-0.1, -0.05) is 6.42 Å². The first kappa shape index (κ1) is 3.85. The molecule has 0 radical (unpaired) electrons. The normalized spacial score (nSPS) is 3.00. The zero-order valence-corrected chi connectivity index (χ0v) is 2.43. The van der Waals surface area contributed by atoms with Crippen molar-refractivity contribution in [3.63, 3.8) is 0 Å². The molecule has 0 N–H and O–H groups in total. The summed E-state index contributed by atoms with van der Waals surface area (Å²) in [5.74, 6) is 1.79. The molecular formula is C3HNO. The van der Waals surface area contributed by atoms with Crippen molar-refractivity contribution < 1.29 is 0 Å². The molecule has 0 amide bonds. The van der Waals surface area contributed by atoms with Gasteiger partial charge in [-0.2, -0.15) is 0 Å². The number of nitrogens with zero attached hydrogens (tertiary/aromatic N) is 1. The van der Waals surface area contributed by atoms with E-state index >= 15 is 0 Å². The predicted molar refractivity (Wildman–Crippen MR) is 19.4 cm³/mol. The molecule has 0 aromatic heterocycles. The fraction of sp³-hybridized carbons (Fsp3) is 0. The van der Waals surface area contributed by atoms with Crippen molar-refractivity contribution in [2.75, 3.05) is 0 Å². The third-order valence-corrected chi connectivity index (χ3v) is 0.110. The first-order valence-corrected chi connectivity index (χ1v) is 0.945. The van der Waals surface area contributed by atoms with Gasteiger partial charge in [0, 0.05) is 5.01 Å². The molecule has 0 bridgehead atoms. The average Bonchev–Trinajstić information content (AvgIpc) is 1.41. The molecule has 0 spiro atoms. The van der Waals surface area contributed by atoms with Crippen LogP contribution in [-0.2, 0) is 0 Å². The van der Waals surface area contributed by atoms with E-state index in [2.05, 4.69) is 11.4 Å². The predicted octanol–water partition coefficient (Wildman–Crippen LogP) is 0.450. The lowest BCUT2D eigenvalue weighted by Gasteiger charge is -1.41. The highest BCUT2D eigenvalue weighted by atomic mass is 16.4. The second kappa shape index (κ2) is 2.85. The van der Waals surface area contributed by atoms with Crippen LogP contribution in [0.5, 0.6) is 0 Å². The molecule has 0 aliphatic carbocycles. The lowest BCUT2D eigenvalue weighted by atomic mass is 10.8. The van der Waals surface area contributed by atoms with Crippen LogP contribution in [0, 0.1) is 23.6 Å². The van der Waals surface area contributed by atoms with E-state index < -0.39 is 0 Å². The molecule has 2 nitrogen and oxygen atoms in total. The molecule has 0 aromatic rings. The maximum absolute atomic E-state index is 8.90. The fourth-order valence-corrected chi connectivity index (χ4v) is 0.0264. The Morgan fingerprint density at radius 2 is 2.40 bits per heavy atom. The number of terminal acetylenes is 1. The zero-order chi connectivity index (χ0) is 4.12. The van der Waals surface area contributed by atoms with E-state index in [0.717, 1.165) is 0 Å². The van der Waals surface area contributed by atoms with Crippen molar-refractivity contribution >= 4 is 0 Å². The summed E-state index contributed by atoms with van der Waals surface area (Å²) in [7, 11) is 0. The van der Waals surface area contributed by atoms with Crippen LogP contribution in [0.15, 0.2) is 0 Å². The molecule has 0 heterocycles. The summed E-state index contributed by atoms with van der Waals surface area (Å²) in [4.78, 5) is 0. The SMILES string of the molecule is C#CC#[N+][O-]. The summed E-state index contributed by atoms with van der Waals surface area (Å²) in [5, 5.41) is 11.0. The highest BCUT2D eigenvalue weighted by Gasteiger charge is 1.52. The fourth-order valence-electron chi connectivity index (χ4n) is 0.0264. The Labute approximate surface area is 29.8 Å². The van der Waals surface area contributed by atoms with Crippen molar-refractivity contribution in [3.05, 3.63) is 10.2 Å². The van der Waals surface area contributed by atoms with Gasteiger partial charge in [0.05, 0.1) is 5.92 Å². The molecule has 0 rings (SSSR count). The second-order valence-electron chi connectivity index (χ2n) is 0.347. The van der Waals surface area contributed by atoms with Crippen molar-refractivity contribution in [1.82, 2.24) is 0 Å². The first-order valence-electron chi connectivity index (χ1n) is 0.945. The van der Waals surface area contributed by atoms with Crippen LogP contribution in [0.3, 0.4) is 0 Å². The Balaban J connectivity index is 3.30. The smallest absolute Gasteiger partial charge is 0.390 e. The maximum atomic E-state index is 8.90. The van der Waals surface area contributed by atoms with E-state index in [1.807, 2.05) is 0 Å². The van der Waals surface area contributed by atoms with Crippen LogP contribution in [-0.4, -0.2) is 0 Å². The summed E-state index contributed by atoms with van der Waals surface area (Å²) in [6.45, 7) is 0. The zero-order valence-electron chi connectivity index (χ0n) is 2.43. The molecule has 0 saturated carbocycles. The Morgan fingerprint density at radius 3 is 2.40 bits per heavy atom. The van der Waals surface area contributed by atoms with Crippen molar-refractivity contribution in [2.24, 2.45) is 0 Å². The molecule has 0 aromatic carbocycles. The van der Waals surface area contributed by atoms with Crippen LogP contribution in [0.2, 0.25) is 0 Å². The van der Waals surface area contributed by atoms with Gasteiger partial charge in [-0.05, 0) is 0 Å². The molecule has 0 saturated heterocycles. The number of rotatable bonds is 0. The van der Waals surface area contributed by atoms with Crippen LogP contribution < -0.4 is 0 Å². The lowest BCUT2D eigenvalue weighted by molar-refractivity contribution is 2.19. The summed E-state index contributed by atoms with van der Waals surface area (Å²) >= 11 is 0. The van der Waals surface area contributed by atoms with Gasteiger partial charge < -0.3 is 5.21 Å². The number of hydrogen-bond donors (Lipinski definition) is 0. The Hall–Kier alpha value is -1.15. The molecule has 5 heavy (non-hydrogen) atoms. The van der Waals surface area contributed by atoms with Gasteiger partial charge in [0.1, 0.15) is 0 Å². The Bertz CT molecular complexity index is 100. The highest BCUT2D eigenvalue weighted by Crippen LogP contribution is 1.48. The van der Waals surface area contributed by atoms with E-state index in [1.54, 1.807) is 12.0 Å². The van der Waals surface area contributed by atoms with Gasteiger partial charge in [0.15, 0.2) is 0 Å². The quantitative estimate of drug-likeness (QED) is 0.298. The first-order chi connectivity index (χ1) is 2.41. The minimum absolute atomic E-state index is 1.71.